The Labute approximate surface area is 146 Å². The zero-order valence-electron chi connectivity index (χ0n) is 12.2. The van der Waals surface area contributed by atoms with Gasteiger partial charge >= 0.3 is 0 Å². The molecule has 1 aliphatic heterocycles. The van der Waals surface area contributed by atoms with Crippen molar-refractivity contribution in [3.8, 4) is 5.75 Å². The third kappa shape index (κ3) is 3.18. The quantitative estimate of drug-likeness (QED) is 0.513. The summed E-state index contributed by atoms with van der Waals surface area (Å²) >= 11 is 1.79. The summed E-state index contributed by atoms with van der Waals surface area (Å²) in [6, 6.07) is 12.4. The summed E-state index contributed by atoms with van der Waals surface area (Å²) in [4.78, 5) is 3.47. The third-order valence-corrected chi connectivity index (χ3v) is 4.60. The smallest absolute Gasteiger partial charge is 0.207 e. The number of aromatic nitrogens is 1. The van der Waals surface area contributed by atoms with Crippen LogP contribution in [0.4, 0.5) is 5.69 Å². The maximum Gasteiger partial charge on any atom is 0.207 e. The van der Waals surface area contributed by atoms with Gasteiger partial charge in [-0.1, -0.05) is 11.8 Å². The van der Waals surface area contributed by atoms with Crippen LogP contribution in [0.2, 0.25) is 0 Å². The topological polar surface area (TPSA) is 16.4 Å². The minimum absolute atomic E-state index is 0. The predicted molar refractivity (Wildman–Crippen MR) is 82.8 cm³/mol. The van der Waals surface area contributed by atoms with Gasteiger partial charge in [-0.05, 0) is 18.2 Å². The average Bonchev–Trinajstić information content (AvgIpc) is 2.77. The Bertz CT molecular complexity index is 688. The molecule has 0 aliphatic carbocycles. The van der Waals surface area contributed by atoms with Crippen molar-refractivity contribution >= 4 is 23.5 Å². The highest BCUT2D eigenvalue weighted by Crippen LogP contribution is 2.46. The Hall–Kier alpha value is -1.21. The standard InChI is InChI=1S/C16H17N2OS.HI/c1-17-9-5-4-6-12(17)10-16-18(2)14-11-13(19-3)7-8-15(14)20-16;/h4-11H,1-3H3;1H/q+1;/p-1. The van der Waals surface area contributed by atoms with Crippen LogP contribution in [0, 0.1) is 0 Å². The van der Waals surface area contributed by atoms with Crippen molar-refractivity contribution in [1.29, 1.82) is 0 Å². The summed E-state index contributed by atoms with van der Waals surface area (Å²) in [6.45, 7) is 0. The number of halogens is 1. The molecular formula is C16H17IN2OS. The monoisotopic (exact) mass is 412 g/mol. The van der Waals surface area contributed by atoms with Crippen molar-refractivity contribution in [2.24, 2.45) is 7.05 Å². The first-order valence-electron chi connectivity index (χ1n) is 6.45. The fourth-order valence-electron chi connectivity index (χ4n) is 2.21. The maximum atomic E-state index is 5.30. The van der Waals surface area contributed by atoms with Crippen LogP contribution in [0.1, 0.15) is 5.69 Å². The number of benzene rings is 1. The van der Waals surface area contributed by atoms with E-state index in [4.69, 9.17) is 4.74 Å². The first kappa shape index (κ1) is 16.2. The summed E-state index contributed by atoms with van der Waals surface area (Å²) in [5, 5.41) is 1.22. The number of fused-ring (bicyclic) bond motifs is 1. The second-order valence-corrected chi connectivity index (χ2v) is 5.78. The second kappa shape index (κ2) is 6.70. The van der Waals surface area contributed by atoms with Crippen molar-refractivity contribution in [3.63, 3.8) is 0 Å². The molecule has 0 saturated carbocycles. The number of thioether (sulfide) groups is 1. The Morgan fingerprint density at radius 2 is 2.05 bits per heavy atom. The number of aryl methyl sites for hydroxylation is 1. The van der Waals surface area contributed by atoms with E-state index in [2.05, 4.69) is 60.1 Å². The molecule has 0 atom stereocenters. The van der Waals surface area contributed by atoms with Gasteiger partial charge in [-0.25, -0.2) is 4.57 Å². The van der Waals surface area contributed by atoms with Crippen LogP contribution < -0.4 is 38.2 Å². The van der Waals surface area contributed by atoms with E-state index in [1.54, 1.807) is 18.9 Å². The molecule has 21 heavy (non-hydrogen) atoms. The van der Waals surface area contributed by atoms with E-state index >= 15 is 0 Å². The van der Waals surface area contributed by atoms with E-state index in [0.717, 1.165) is 5.75 Å². The molecule has 0 fully saturated rings. The molecule has 5 heteroatoms. The lowest BCUT2D eigenvalue weighted by Crippen LogP contribution is -3.00. The Morgan fingerprint density at radius 3 is 2.76 bits per heavy atom. The molecule has 0 radical (unpaired) electrons. The lowest BCUT2D eigenvalue weighted by atomic mass is 10.2. The van der Waals surface area contributed by atoms with Crippen LogP contribution in [0.5, 0.6) is 5.75 Å². The second-order valence-electron chi connectivity index (χ2n) is 4.71. The van der Waals surface area contributed by atoms with E-state index < -0.39 is 0 Å². The number of methoxy groups -OCH3 is 1. The molecule has 0 amide bonds. The molecule has 2 aromatic rings. The fraction of sp³-hybridized carbons (Fsp3) is 0.188. The van der Waals surface area contributed by atoms with Crippen molar-refractivity contribution in [1.82, 2.24) is 0 Å². The third-order valence-electron chi connectivity index (χ3n) is 3.44. The van der Waals surface area contributed by atoms with Crippen molar-refractivity contribution in [2.45, 2.75) is 4.90 Å². The van der Waals surface area contributed by atoms with Gasteiger partial charge < -0.3 is 33.6 Å². The molecule has 0 unspecified atom stereocenters. The van der Waals surface area contributed by atoms with Gasteiger partial charge in [0.15, 0.2) is 6.20 Å². The molecule has 0 N–H and O–H groups in total. The number of hydrogen-bond acceptors (Lipinski definition) is 3. The van der Waals surface area contributed by atoms with Crippen LogP contribution in [-0.2, 0) is 7.05 Å². The number of ether oxygens (including phenoxy) is 1. The van der Waals surface area contributed by atoms with Gasteiger partial charge in [0, 0.05) is 36.2 Å². The SMILES string of the molecule is COc1ccc2c(c1)N(C)/C(=C/c1cccc[n+]1C)S2.[I-]. The summed E-state index contributed by atoms with van der Waals surface area (Å²) in [5.74, 6) is 0.891. The largest absolute Gasteiger partial charge is 1.00 e. The molecular weight excluding hydrogens is 395 g/mol. The van der Waals surface area contributed by atoms with E-state index in [1.807, 2.05) is 12.1 Å². The highest BCUT2D eigenvalue weighted by atomic mass is 127. The Balaban J connectivity index is 0.00000161. The minimum Gasteiger partial charge on any atom is -1.00 e. The molecule has 1 aliphatic rings. The number of anilines is 1. The lowest BCUT2D eigenvalue weighted by molar-refractivity contribution is -0.673. The predicted octanol–water partition coefficient (Wildman–Crippen LogP) is 0.0642. The summed E-state index contributed by atoms with van der Waals surface area (Å²) < 4.78 is 7.42. The Morgan fingerprint density at radius 1 is 1.24 bits per heavy atom. The van der Waals surface area contributed by atoms with Crippen molar-refractivity contribution < 1.29 is 33.3 Å². The van der Waals surface area contributed by atoms with Crippen LogP contribution in [0.3, 0.4) is 0 Å². The first-order valence-corrected chi connectivity index (χ1v) is 7.26. The zero-order chi connectivity index (χ0) is 14.1. The van der Waals surface area contributed by atoms with Crippen LogP contribution >= 0.6 is 11.8 Å². The molecule has 3 rings (SSSR count). The molecule has 3 nitrogen and oxygen atoms in total. The van der Waals surface area contributed by atoms with Crippen LogP contribution in [-0.4, -0.2) is 14.2 Å². The van der Waals surface area contributed by atoms with E-state index in [1.165, 1.54) is 21.3 Å². The van der Waals surface area contributed by atoms with E-state index in [0.29, 0.717) is 0 Å². The van der Waals surface area contributed by atoms with E-state index in [-0.39, 0.29) is 24.0 Å². The molecule has 110 valence electrons. The van der Waals surface area contributed by atoms with Gasteiger partial charge in [-0.3, -0.25) is 0 Å². The van der Waals surface area contributed by atoms with Gasteiger partial charge in [-0.15, -0.1) is 0 Å². The van der Waals surface area contributed by atoms with Crippen molar-refractivity contribution in [2.75, 3.05) is 19.1 Å². The summed E-state index contributed by atoms with van der Waals surface area (Å²) in [7, 11) is 5.85. The average molecular weight is 412 g/mol. The molecule has 1 aromatic heterocycles. The normalized spacial score (nSPS) is 14.8. The Kier molecular flexibility index (Phi) is 5.16. The van der Waals surface area contributed by atoms with Gasteiger partial charge in [0.1, 0.15) is 12.8 Å². The zero-order valence-corrected chi connectivity index (χ0v) is 15.2. The summed E-state index contributed by atoms with van der Waals surface area (Å²) in [6.07, 6.45) is 4.26. The van der Waals surface area contributed by atoms with Gasteiger partial charge in [0.2, 0.25) is 5.69 Å². The molecule has 2 heterocycles. The number of pyridine rings is 1. The molecule has 1 aromatic carbocycles. The maximum absolute atomic E-state index is 5.30. The molecule has 0 bridgehead atoms. The minimum atomic E-state index is 0. The van der Waals surface area contributed by atoms with Crippen molar-refractivity contribution in [3.05, 3.63) is 53.3 Å². The first-order chi connectivity index (χ1) is 9.69. The number of nitrogens with zero attached hydrogens (tertiary/aromatic N) is 2. The van der Waals surface area contributed by atoms with Crippen LogP contribution in [0.15, 0.2) is 52.5 Å². The molecule has 0 spiro atoms. The number of hydrogen-bond donors (Lipinski definition) is 0. The van der Waals surface area contributed by atoms with Crippen LogP contribution in [0.25, 0.3) is 6.08 Å². The fourth-order valence-corrected chi connectivity index (χ4v) is 3.29. The molecule has 0 saturated heterocycles. The highest BCUT2D eigenvalue weighted by Gasteiger charge is 2.23. The van der Waals surface area contributed by atoms with Gasteiger partial charge in [0.05, 0.1) is 17.8 Å². The van der Waals surface area contributed by atoms with Gasteiger partial charge in [-0.2, -0.15) is 0 Å². The van der Waals surface area contributed by atoms with E-state index in [9.17, 15) is 0 Å². The number of rotatable bonds is 2. The highest BCUT2D eigenvalue weighted by molar-refractivity contribution is 8.03. The van der Waals surface area contributed by atoms with Gasteiger partial charge in [0.25, 0.3) is 0 Å². The lowest BCUT2D eigenvalue weighted by Gasteiger charge is -2.13. The summed E-state index contributed by atoms with van der Waals surface area (Å²) in [5.41, 5.74) is 2.38.